The van der Waals surface area contributed by atoms with Crippen LogP contribution >= 0.6 is 31.6 Å². The van der Waals surface area contributed by atoms with Crippen molar-refractivity contribution in [3.05, 3.63) is 55.2 Å². The third kappa shape index (κ3) is 7.87. The second-order valence-corrected chi connectivity index (χ2v) is 16.0. The number of rotatable bonds is 13. The van der Waals surface area contributed by atoms with Crippen molar-refractivity contribution in [3.63, 3.8) is 0 Å². The van der Waals surface area contributed by atoms with Gasteiger partial charge in [0.05, 0.1) is 31.6 Å². The quantitative estimate of drug-likeness (QED) is 0.0472. The van der Waals surface area contributed by atoms with E-state index < -0.39 is 89.5 Å². The van der Waals surface area contributed by atoms with E-state index in [0.29, 0.717) is 4.47 Å². The molecule has 0 radical (unpaired) electrons. The number of hydrogen-bond donors (Lipinski definition) is 9. The Balaban J connectivity index is 1.08. The molecule has 3 aromatic rings. The highest BCUT2D eigenvalue weighted by Crippen LogP contribution is 2.60. The number of aryl methyl sites for hydroxylation is 1. The summed E-state index contributed by atoms with van der Waals surface area (Å²) in [6.07, 6.45) is -9.99. The van der Waals surface area contributed by atoms with E-state index in [9.17, 15) is 54.0 Å². The van der Waals surface area contributed by atoms with Crippen molar-refractivity contribution >= 4 is 59.6 Å². The summed E-state index contributed by atoms with van der Waals surface area (Å²) >= 11 is 3.43. The molecule has 0 saturated carbocycles. The first kappa shape index (κ1) is 40.0. The number of benzene rings is 1. The van der Waals surface area contributed by atoms with Gasteiger partial charge in [0.15, 0.2) is 29.2 Å². The molecule has 10 N–H and O–H groups in total. The minimum Gasteiger partial charge on any atom is -0.388 e. The summed E-state index contributed by atoms with van der Waals surface area (Å²) in [6, 6.07) is 1.63. The molecule has 0 bridgehead atoms. The number of aromatic amines is 1. The maximum Gasteiger partial charge on any atom is 0.481 e. The van der Waals surface area contributed by atoms with E-state index in [0.717, 1.165) is 17.5 Å². The van der Waals surface area contributed by atoms with Crippen molar-refractivity contribution in [1.29, 1.82) is 0 Å². The summed E-state index contributed by atoms with van der Waals surface area (Å²) in [6.45, 7) is 0.743. The Kier molecular flexibility index (Phi) is 11.2. The number of halogens is 1. The number of H-pyrrole nitrogens is 1. The Morgan fingerprint density at radius 1 is 1.02 bits per heavy atom. The molecule has 1 saturated heterocycles. The van der Waals surface area contributed by atoms with E-state index in [1.165, 1.54) is 15.5 Å². The lowest BCUT2D eigenvalue weighted by atomic mass is 10.1. The molecule has 24 nitrogen and oxygen atoms in total. The largest absolute Gasteiger partial charge is 0.481 e. The third-order valence-electron chi connectivity index (χ3n) is 8.52. The predicted octanol–water partition coefficient (Wildman–Crippen LogP) is -1.66. The van der Waals surface area contributed by atoms with E-state index in [1.54, 1.807) is 19.9 Å². The van der Waals surface area contributed by atoms with Gasteiger partial charge in [-0.25, -0.2) is 33.9 Å². The number of ether oxygens (including phenoxy) is 1. The van der Waals surface area contributed by atoms with E-state index >= 15 is 0 Å². The van der Waals surface area contributed by atoms with Gasteiger partial charge in [0.1, 0.15) is 54.0 Å². The van der Waals surface area contributed by atoms with Crippen LogP contribution in [0.25, 0.3) is 33.7 Å². The molecular formula is C27H32BrN9O15P2. The lowest BCUT2D eigenvalue weighted by Gasteiger charge is -2.26. The molecule has 5 heterocycles. The summed E-state index contributed by atoms with van der Waals surface area (Å²) in [5.41, 5.74) is 5.92. The van der Waals surface area contributed by atoms with Crippen molar-refractivity contribution in [2.45, 2.75) is 63.2 Å². The number of nitrogens with one attached hydrogen (secondary N) is 1. The van der Waals surface area contributed by atoms with Crippen LogP contribution in [0.15, 0.2) is 32.8 Å². The van der Waals surface area contributed by atoms with Crippen molar-refractivity contribution in [2.24, 2.45) is 0 Å². The fourth-order valence-electron chi connectivity index (χ4n) is 5.61. The number of fused-ring (bicyclic) bond motifs is 3. The zero-order valence-corrected chi connectivity index (χ0v) is 31.1. The van der Waals surface area contributed by atoms with E-state index in [4.69, 9.17) is 15.0 Å². The number of aliphatic hydroxyl groups excluding tert-OH is 5. The van der Waals surface area contributed by atoms with Crippen LogP contribution in [0.5, 0.6) is 0 Å². The van der Waals surface area contributed by atoms with Crippen LogP contribution in [0.3, 0.4) is 0 Å². The maximum absolute atomic E-state index is 12.6. The second kappa shape index (κ2) is 15.1. The SMILES string of the molecule is Cc1cc2c(nc3c(=O)[nH]c(=O)nc-3n2C[C@H](O)[C@H](O)[C@H](O)COP(=O)(O)OP(=O)(O)OC[C@H]2O[C@@H](n3cnc4c(N)ncnc43)[C@H](O)[C@@H]2O)c(Br)c1C. The number of hydrogen-bond acceptors (Lipinski definition) is 19. The van der Waals surface area contributed by atoms with Gasteiger partial charge >= 0.3 is 21.3 Å². The van der Waals surface area contributed by atoms with E-state index in [1.807, 2.05) is 4.98 Å². The van der Waals surface area contributed by atoms with Crippen LogP contribution < -0.4 is 17.0 Å². The minimum absolute atomic E-state index is 0.0280. The van der Waals surface area contributed by atoms with Gasteiger partial charge in [-0.3, -0.25) is 23.4 Å². The molecule has 0 amide bonds. The monoisotopic (exact) mass is 863 g/mol. The molecule has 3 aliphatic heterocycles. The predicted molar refractivity (Wildman–Crippen MR) is 185 cm³/mol. The molecular weight excluding hydrogens is 832 g/mol. The van der Waals surface area contributed by atoms with Crippen molar-refractivity contribution in [3.8, 4) is 11.5 Å². The summed E-state index contributed by atoms with van der Waals surface area (Å²) in [7, 11) is -11.0. The van der Waals surface area contributed by atoms with Crippen LogP contribution in [-0.2, 0) is 33.8 Å². The van der Waals surface area contributed by atoms with E-state index in [2.05, 4.69) is 49.7 Å². The standard InChI is InChI=1S/C27H32BrN9O15P2/c1-9-3-11-16(15(28)10(9)2)33-18-24(34-27(44)35-25(18)43)36(11)4-12(38)19(40)13(39)5-49-53(45,46)52-54(47,48)50-6-14-20(41)21(42)26(51-14)37-8-32-17-22(29)30-7-31-23(17)37/h3,7-8,12-14,19-21,26,38-42H,4-6H2,1-2H3,(H,45,46)(H,47,48)(H2,29,30,31)(H,35,43,44)/t12-,13+,14+,19-,20+,21+,26+/m0/s1. The summed E-state index contributed by atoms with van der Waals surface area (Å²) in [5, 5.41) is 53.2. The lowest BCUT2D eigenvalue weighted by molar-refractivity contribution is -0.0794. The molecule has 9 atom stereocenters. The van der Waals surface area contributed by atoms with Crippen LogP contribution in [0.4, 0.5) is 5.82 Å². The fourth-order valence-corrected chi connectivity index (χ4v) is 8.31. The number of aliphatic hydroxyl groups is 5. The van der Waals surface area contributed by atoms with Crippen molar-refractivity contribution in [1.82, 2.24) is 39.0 Å². The fraction of sp³-hybridized carbons (Fsp3) is 0.444. The molecule has 2 aromatic heterocycles. The zero-order chi connectivity index (χ0) is 39.4. The highest BCUT2D eigenvalue weighted by molar-refractivity contribution is 9.10. The van der Waals surface area contributed by atoms with Crippen LogP contribution in [0.2, 0.25) is 0 Å². The number of imidazole rings is 1. The number of nitrogens with zero attached hydrogens (tertiary/aromatic N) is 7. The normalized spacial score (nSPS) is 23.1. The molecule has 2 unspecified atom stereocenters. The summed E-state index contributed by atoms with van der Waals surface area (Å²) in [4.78, 5) is 66.9. The van der Waals surface area contributed by atoms with Crippen LogP contribution in [-0.4, -0.2) is 124 Å². The van der Waals surface area contributed by atoms with Gasteiger partial charge in [0, 0.05) is 4.47 Å². The van der Waals surface area contributed by atoms with Gasteiger partial charge in [-0.2, -0.15) is 9.29 Å². The number of phosphoric acid groups is 2. The highest BCUT2D eigenvalue weighted by Gasteiger charge is 2.46. The molecule has 27 heteroatoms. The highest BCUT2D eigenvalue weighted by atomic mass is 79.9. The topological polar surface area (TPSA) is 363 Å². The van der Waals surface area contributed by atoms with Gasteiger partial charge in [-0.15, -0.1) is 0 Å². The Bertz CT molecular complexity index is 2410. The number of phosphoric ester groups is 2. The van der Waals surface area contributed by atoms with Gasteiger partial charge in [0.25, 0.3) is 5.56 Å². The van der Waals surface area contributed by atoms with Crippen molar-refractivity contribution in [2.75, 3.05) is 18.9 Å². The molecule has 0 aliphatic carbocycles. The van der Waals surface area contributed by atoms with Gasteiger partial charge in [0.2, 0.25) is 0 Å². The maximum atomic E-state index is 12.6. The van der Waals surface area contributed by atoms with Crippen LogP contribution in [0, 0.1) is 13.8 Å². The van der Waals surface area contributed by atoms with Gasteiger partial charge in [-0.05, 0) is 47.0 Å². The summed E-state index contributed by atoms with van der Waals surface area (Å²) < 4.78 is 47.1. The molecule has 54 heavy (non-hydrogen) atoms. The minimum atomic E-state index is -5.55. The lowest BCUT2D eigenvalue weighted by Crippen LogP contribution is -2.42. The molecule has 6 rings (SSSR count). The molecule has 1 aromatic carbocycles. The first-order valence-corrected chi connectivity index (χ1v) is 19.3. The number of aromatic nitrogens is 8. The summed E-state index contributed by atoms with van der Waals surface area (Å²) in [5.74, 6) is -0.230. The smallest absolute Gasteiger partial charge is 0.388 e. The third-order valence-corrected chi connectivity index (χ3v) is 12.1. The Hall–Kier alpha value is -3.65. The van der Waals surface area contributed by atoms with E-state index in [-0.39, 0.29) is 39.5 Å². The molecule has 1 fully saturated rings. The van der Waals surface area contributed by atoms with Gasteiger partial charge < -0.3 is 50.4 Å². The number of nitrogens with two attached hydrogens (primary N) is 1. The average molecular weight is 864 g/mol. The first-order chi connectivity index (χ1) is 25.3. The average Bonchev–Trinajstić information content (AvgIpc) is 3.65. The van der Waals surface area contributed by atoms with Crippen molar-refractivity contribution < 1.29 is 62.5 Å². The molecule has 292 valence electrons. The molecule has 3 aliphatic rings. The Morgan fingerprint density at radius 2 is 1.72 bits per heavy atom. The zero-order valence-electron chi connectivity index (χ0n) is 27.8. The first-order valence-electron chi connectivity index (χ1n) is 15.5. The van der Waals surface area contributed by atoms with Gasteiger partial charge in [-0.1, -0.05) is 0 Å². The van der Waals surface area contributed by atoms with Crippen LogP contribution in [0.1, 0.15) is 17.4 Å². The molecule has 0 spiro atoms. The Morgan fingerprint density at radius 3 is 2.44 bits per heavy atom. The number of nitrogen functional groups attached to an aromatic ring is 1. The Labute approximate surface area is 309 Å². The number of anilines is 1. The second-order valence-electron chi connectivity index (χ2n) is 12.1.